The first-order chi connectivity index (χ1) is 8.81. The molecular weight excluding hydrogens is 226 g/mol. The molecule has 2 rings (SSSR count). The number of unbranched alkanes of at least 4 members (excludes halogenated alkanes) is 2. The van der Waals surface area contributed by atoms with E-state index in [4.69, 9.17) is 4.74 Å². The predicted octanol–water partition coefficient (Wildman–Crippen LogP) is 2.41. The van der Waals surface area contributed by atoms with Gasteiger partial charge in [-0.15, -0.1) is 0 Å². The number of carbonyl (C=O) groups excluding carboxylic acids is 1. The van der Waals surface area contributed by atoms with E-state index in [1.807, 2.05) is 0 Å². The number of carbonyl (C=O) groups is 1. The van der Waals surface area contributed by atoms with Crippen LogP contribution in [0.15, 0.2) is 11.6 Å². The molecule has 0 unspecified atom stereocenters. The third-order valence-electron chi connectivity index (χ3n) is 3.98. The Morgan fingerprint density at radius 1 is 1.39 bits per heavy atom. The summed E-state index contributed by atoms with van der Waals surface area (Å²) in [5, 5.41) is 0. The Morgan fingerprint density at radius 3 is 2.89 bits per heavy atom. The van der Waals surface area contributed by atoms with Crippen molar-refractivity contribution in [1.82, 2.24) is 4.90 Å². The standard InChI is InChI=1S/C15H25NO2/c1-2-3-4-5-13-6-7-14(15(13)17)12-16-8-10-18-11-9-16/h5,14H,2-4,6-12H2,1H3/b13-5+/t14-/m1/s1. The van der Waals surface area contributed by atoms with Crippen LogP contribution in [0.3, 0.4) is 0 Å². The van der Waals surface area contributed by atoms with Crippen molar-refractivity contribution in [2.75, 3.05) is 32.8 Å². The van der Waals surface area contributed by atoms with Crippen molar-refractivity contribution in [2.24, 2.45) is 5.92 Å². The Bertz CT molecular complexity index is 306. The van der Waals surface area contributed by atoms with Crippen LogP contribution in [0, 0.1) is 5.92 Å². The number of hydrogen-bond acceptors (Lipinski definition) is 3. The van der Waals surface area contributed by atoms with Crippen molar-refractivity contribution in [2.45, 2.75) is 39.0 Å². The van der Waals surface area contributed by atoms with Gasteiger partial charge in [-0.3, -0.25) is 9.69 Å². The molecular formula is C15H25NO2. The number of ether oxygens (including phenoxy) is 1. The maximum atomic E-state index is 12.2. The lowest BCUT2D eigenvalue weighted by molar-refractivity contribution is -0.118. The third-order valence-corrected chi connectivity index (χ3v) is 3.98. The molecule has 102 valence electrons. The number of Topliss-reactive ketones (excluding diaryl/α,β-unsaturated/α-hetero) is 1. The number of hydrogen-bond donors (Lipinski definition) is 0. The lowest BCUT2D eigenvalue weighted by Crippen LogP contribution is -2.40. The minimum Gasteiger partial charge on any atom is -0.379 e. The molecule has 2 aliphatic rings. The highest BCUT2D eigenvalue weighted by molar-refractivity contribution is 5.99. The molecule has 0 bridgehead atoms. The van der Waals surface area contributed by atoms with Crippen LogP contribution in [0.5, 0.6) is 0 Å². The molecule has 1 aliphatic carbocycles. The summed E-state index contributed by atoms with van der Waals surface area (Å²) in [6.07, 6.45) is 7.71. The first-order valence-corrected chi connectivity index (χ1v) is 7.34. The minimum atomic E-state index is 0.246. The fourth-order valence-corrected chi connectivity index (χ4v) is 2.80. The fraction of sp³-hybridized carbons (Fsp3) is 0.800. The summed E-state index contributed by atoms with van der Waals surface area (Å²) >= 11 is 0. The van der Waals surface area contributed by atoms with Gasteiger partial charge in [0.1, 0.15) is 0 Å². The molecule has 1 aliphatic heterocycles. The van der Waals surface area contributed by atoms with Crippen molar-refractivity contribution < 1.29 is 9.53 Å². The minimum absolute atomic E-state index is 0.246. The van der Waals surface area contributed by atoms with Gasteiger partial charge in [0.15, 0.2) is 5.78 Å². The number of morpholine rings is 1. The van der Waals surface area contributed by atoms with Crippen LogP contribution in [0.4, 0.5) is 0 Å². The van der Waals surface area contributed by atoms with Gasteiger partial charge in [0.05, 0.1) is 13.2 Å². The number of rotatable bonds is 5. The van der Waals surface area contributed by atoms with Crippen molar-refractivity contribution >= 4 is 5.78 Å². The Labute approximate surface area is 110 Å². The molecule has 1 atom stereocenters. The molecule has 1 saturated heterocycles. The van der Waals surface area contributed by atoms with Crippen LogP contribution in [0.1, 0.15) is 39.0 Å². The van der Waals surface area contributed by atoms with Gasteiger partial charge in [0.2, 0.25) is 0 Å². The molecule has 0 radical (unpaired) electrons. The molecule has 3 nitrogen and oxygen atoms in total. The second kappa shape index (κ2) is 7.05. The lowest BCUT2D eigenvalue weighted by atomic mass is 10.0. The fourth-order valence-electron chi connectivity index (χ4n) is 2.80. The Morgan fingerprint density at radius 2 is 2.17 bits per heavy atom. The maximum Gasteiger partial charge on any atom is 0.162 e. The van der Waals surface area contributed by atoms with Crippen molar-refractivity contribution in [1.29, 1.82) is 0 Å². The first-order valence-electron chi connectivity index (χ1n) is 7.34. The summed E-state index contributed by atoms with van der Waals surface area (Å²) < 4.78 is 5.34. The van der Waals surface area contributed by atoms with Gasteiger partial charge in [-0.25, -0.2) is 0 Å². The molecule has 1 saturated carbocycles. The summed E-state index contributed by atoms with van der Waals surface area (Å²) in [6, 6.07) is 0. The van der Waals surface area contributed by atoms with E-state index in [2.05, 4.69) is 17.9 Å². The molecule has 0 aromatic rings. The third kappa shape index (κ3) is 3.66. The zero-order valence-corrected chi connectivity index (χ0v) is 11.5. The van der Waals surface area contributed by atoms with E-state index in [0.29, 0.717) is 5.78 Å². The smallest absolute Gasteiger partial charge is 0.162 e. The number of ketones is 1. The second-order valence-corrected chi connectivity index (χ2v) is 5.38. The largest absolute Gasteiger partial charge is 0.379 e. The van der Waals surface area contributed by atoms with Gasteiger partial charge in [-0.1, -0.05) is 25.8 Å². The second-order valence-electron chi connectivity index (χ2n) is 5.38. The topological polar surface area (TPSA) is 29.5 Å². The van der Waals surface area contributed by atoms with E-state index >= 15 is 0 Å². The van der Waals surface area contributed by atoms with Crippen LogP contribution < -0.4 is 0 Å². The Kier molecular flexibility index (Phi) is 5.39. The SMILES string of the molecule is CCCC/C=C1\CC[C@H](CN2CCOCC2)C1=O. The summed E-state index contributed by atoms with van der Waals surface area (Å²) in [4.78, 5) is 14.6. The van der Waals surface area contributed by atoms with Crippen molar-refractivity contribution in [3.63, 3.8) is 0 Å². The molecule has 1 heterocycles. The lowest BCUT2D eigenvalue weighted by Gasteiger charge is -2.28. The Balaban J connectivity index is 1.80. The highest BCUT2D eigenvalue weighted by Gasteiger charge is 2.30. The zero-order valence-electron chi connectivity index (χ0n) is 11.5. The molecule has 0 aromatic carbocycles. The highest BCUT2D eigenvalue weighted by Crippen LogP contribution is 2.28. The molecule has 0 amide bonds. The van der Waals surface area contributed by atoms with Gasteiger partial charge in [0.25, 0.3) is 0 Å². The summed E-state index contributed by atoms with van der Waals surface area (Å²) in [7, 11) is 0. The number of nitrogens with zero attached hydrogens (tertiary/aromatic N) is 1. The molecule has 0 N–H and O–H groups in total. The van der Waals surface area contributed by atoms with Crippen LogP contribution in [-0.2, 0) is 9.53 Å². The molecule has 2 fully saturated rings. The van der Waals surface area contributed by atoms with Crippen LogP contribution in [-0.4, -0.2) is 43.5 Å². The van der Waals surface area contributed by atoms with Crippen LogP contribution in [0.2, 0.25) is 0 Å². The average molecular weight is 251 g/mol. The normalized spacial score (nSPS) is 28.2. The molecule has 3 heteroatoms. The number of allylic oxidation sites excluding steroid dienone is 2. The van der Waals surface area contributed by atoms with Gasteiger partial charge >= 0.3 is 0 Å². The molecule has 0 aromatic heterocycles. The molecule has 18 heavy (non-hydrogen) atoms. The maximum absolute atomic E-state index is 12.2. The van der Waals surface area contributed by atoms with Crippen molar-refractivity contribution in [3.05, 3.63) is 11.6 Å². The first kappa shape index (κ1) is 13.8. The van der Waals surface area contributed by atoms with E-state index < -0.39 is 0 Å². The van der Waals surface area contributed by atoms with E-state index in [9.17, 15) is 4.79 Å². The Hall–Kier alpha value is -0.670. The summed E-state index contributed by atoms with van der Waals surface area (Å²) in [5.41, 5.74) is 1.10. The predicted molar refractivity (Wildman–Crippen MR) is 72.6 cm³/mol. The quantitative estimate of drug-likeness (QED) is 0.555. The average Bonchev–Trinajstić information content (AvgIpc) is 2.73. The van der Waals surface area contributed by atoms with E-state index in [1.54, 1.807) is 0 Å². The monoisotopic (exact) mass is 251 g/mol. The van der Waals surface area contributed by atoms with E-state index in [-0.39, 0.29) is 5.92 Å². The van der Waals surface area contributed by atoms with Gasteiger partial charge in [-0.05, 0) is 24.8 Å². The highest BCUT2D eigenvalue weighted by atomic mass is 16.5. The van der Waals surface area contributed by atoms with Crippen LogP contribution in [0.25, 0.3) is 0 Å². The van der Waals surface area contributed by atoms with Gasteiger partial charge in [0, 0.05) is 25.6 Å². The summed E-state index contributed by atoms with van der Waals surface area (Å²) in [6.45, 7) is 6.74. The summed E-state index contributed by atoms with van der Waals surface area (Å²) in [5.74, 6) is 0.661. The zero-order chi connectivity index (χ0) is 12.8. The van der Waals surface area contributed by atoms with Gasteiger partial charge in [-0.2, -0.15) is 0 Å². The van der Waals surface area contributed by atoms with Crippen LogP contribution >= 0.6 is 0 Å². The van der Waals surface area contributed by atoms with Gasteiger partial charge < -0.3 is 4.74 Å². The van der Waals surface area contributed by atoms with E-state index in [1.165, 1.54) is 12.8 Å². The molecule has 0 spiro atoms. The van der Waals surface area contributed by atoms with Crippen molar-refractivity contribution in [3.8, 4) is 0 Å². The van der Waals surface area contributed by atoms with E-state index in [0.717, 1.165) is 57.7 Å².